The maximum Gasteiger partial charge on any atom is 0.139 e. The number of para-hydroxylation sites is 1. The summed E-state index contributed by atoms with van der Waals surface area (Å²) in [4.78, 5) is 0. The van der Waals surface area contributed by atoms with Crippen molar-refractivity contribution in [2.45, 2.75) is 0 Å². The van der Waals surface area contributed by atoms with E-state index >= 15 is 0 Å². The van der Waals surface area contributed by atoms with Gasteiger partial charge in [0.05, 0.1) is 11.0 Å². The second kappa shape index (κ2) is 9.00. The third-order valence-electron chi connectivity index (χ3n) is 8.24. The summed E-state index contributed by atoms with van der Waals surface area (Å²) < 4.78 is 2.39. The van der Waals surface area contributed by atoms with Crippen LogP contribution >= 0.6 is 0 Å². The van der Waals surface area contributed by atoms with Crippen molar-refractivity contribution in [1.29, 1.82) is 0 Å². The molecular formula is C38H26BN. The van der Waals surface area contributed by atoms with Crippen molar-refractivity contribution >= 4 is 56.7 Å². The fraction of sp³-hybridized carbons (Fsp3) is 0. The van der Waals surface area contributed by atoms with Crippen LogP contribution in [-0.4, -0.2) is 12.4 Å². The van der Waals surface area contributed by atoms with Gasteiger partial charge in [-0.1, -0.05) is 127 Å². The number of rotatable bonds is 3. The van der Waals surface area contributed by atoms with Gasteiger partial charge in [-0.25, -0.2) is 0 Å². The molecule has 0 fully saturated rings. The molecule has 0 aliphatic heterocycles. The topological polar surface area (TPSA) is 4.93 Å². The highest BCUT2D eigenvalue weighted by molar-refractivity contribution is 6.34. The molecule has 1 heterocycles. The predicted molar refractivity (Wildman–Crippen MR) is 175 cm³/mol. The van der Waals surface area contributed by atoms with Crippen LogP contribution in [0.3, 0.4) is 0 Å². The van der Waals surface area contributed by atoms with Gasteiger partial charge in [-0.05, 0) is 68.1 Å². The quantitative estimate of drug-likeness (QED) is 0.167. The molecule has 1 aromatic heterocycles. The Balaban J connectivity index is 1.37. The van der Waals surface area contributed by atoms with Crippen LogP contribution in [0.2, 0.25) is 0 Å². The van der Waals surface area contributed by atoms with Gasteiger partial charge in [0.2, 0.25) is 0 Å². The zero-order valence-corrected chi connectivity index (χ0v) is 22.3. The first-order chi connectivity index (χ1) is 19.8. The maximum atomic E-state index is 2.39. The van der Waals surface area contributed by atoms with E-state index in [0.717, 1.165) is 0 Å². The van der Waals surface area contributed by atoms with Crippen LogP contribution in [0, 0.1) is 0 Å². The summed E-state index contributed by atoms with van der Waals surface area (Å²) in [7, 11) is 2.16. The van der Waals surface area contributed by atoms with Gasteiger partial charge in [-0.3, -0.25) is 0 Å². The van der Waals surface area contributed by atoms with Crippen molar-refractivity contribution in [3.05, 3.63) is 146 Å². The zero-order valence-electron chi connectivity index (χ0n) is 22.3. The summed E-state index contributed by atoms with van der Waals surface area (Å²) in [6.07, 6.45) is 0. The molecule has 0 spiro atoms. The Morgan fingerprint density at radius 3 is 1.45 bits per heavy atom. The normalized spacial score (nSPS) is 11.6. The smallest absolute Gasteiger partial charge is 0.139 e. The van der Waals surface area contributed by atoms with Gasteiger partial charge in [0, 0.05) is 16.5 Å². The number of aromatic nitrogens is 1. The average Bonchev–Trinajstić information content (AvgIpc) is 3.34. The lowest BCUT2D eigenvalue weighted by atomic mass is 9.86. The fourth-order valence-electron chi connectivity index (χ4n) is 6.50. The van der Waals surface area contributed by atoms with Crippen LogP contribution in [0.1, 0.15) is 0 Å². The summed E-state index contributed by atoms with van der Waals surface area (Å²) in [5.41, 5.74) is 9.99. The average molecular weight is 507 g/mol. The van der Waals surface area contributed by atoms with Gasteiger partial charge in [0.15, 0.2) is 0 Å². The molecule has 0 atom stereocenters. The molecule has 0 saturated carbocycles. The Morgan fingerprint density at radius 2 is 0.850 bits per heavy atom. The standard InChI is InChI=1S/C38H26BN/c39-27-20-23-36-34(24-27)29-12-8-9-17-35(29)40(36)28-21-18-26(19-22-28)38-32-15-6-4-13-30(32)37(25-10-2-1-3-11-25)31-14-5-7-16-33(31)38/h1-24H,39H2. The van der Waals surface area contributed by atoms with E-state index in [9.17, 15) is 0 Å². The summed E-state index contributed by atoms with van der Waals surface area (Å²) in [5, 5.41) is 7.71. The molecule has 40 heavy (non-hydrogen) atoms. The number of nitrogens with zero attached hydrogens (tertiary/aromatic N) is 1. The summed E-state index contributed by atoms with van der Waals surface area (Å²) in [6, 6.07) is 53.1. The molecule has 8 rings (SSSR count). The Morgan fingerprint density at radius 1 is 0.375 bits per heavy atom. The lowest BCUT2D eigenvalue weighted by Gasteiger charge is -2.18. The van der Waals surface area contributed by atoms with Crippen LogP contribution in [-0.2, 0) is 0 Å². The molecule has 0 N–H and O–H groups in total. The third kappa shape index (κ3) is 3.43. The molecule has 7 aromatic carbocycles. The van der Waals surface area contributed by atoms with Crippen molar-refractivity contribution in [2.24, 2.45) is 0 Å². The minimum absolute atomic E-state index is 1.17. The highest BCUT2D eigenvalue weighted by Crippen LogP contribution is 2.43. The van der Waals surface area contributed by atoms with Crippen LogP contribution < -0.4 is 5.46 Å². The molecule has 0 unspecified atom stereocenters. The van der Waals surface area contributed by atoms with E-state index in [-0.39, 0.29) is 0 Å². The number of hydrogen-bond acceptors (Lipinski definition) is 0. The van der Waals surface area contributed by atoms with Gasteiger partial charge in [0.25, 0.3) is 0 Å². The minimum Gasteiger partial charge on any atom is -0.309 e. The zero-order chi connectivity index (χ0) is 26.6. The van der Waals surface area contributed by atoms with Crippen molar-refractivity contribution in [3.8, 4) is 27.9 Å². The highest BCUT2D eigenvalue weighted by atomic mass is 15.0. The maximum absolute atomic E-state index is 2.39. The molecule has 2 heteroatoms. The van der Waals surface area contributed by atoms with E-state index in [2.05, 4.69) is 158 Å². The second-order valence-electron chi connectivity index (χ2n) is 10.6. The van der Waals surface area contributed by atoms with Gasteiger partial charge in [0.1, 0.15) is 7.85 Å². The molecule has 0 saturated heterocycles. The monoisotopic (exact) mass is 507 g/mol. The lowest BCUT2D eigenvalue weighted by molar-refractivity contribution is 1.18. The molecule has 8 aromatic rings. The fourth-order valence-corrected chi connectivity index (χ4v) is 6.50. The number of benzene rings is 7. The van der Waals surface area contributed by atoms with Crippen LogP contribution in [0.5, 0.6) is 0 Å². The van der Waals surface area contributed by atoms with Crippen molar-refractivity contribution < 1.29 is 0 Å². The highest BCUT2D eigenvalue weighted by Gasteiger charge is 2.17. The number of hydrogen-bond donors (Lipinski definition) is 0. The first-order valence-electron chi connectivity index (χ1n) is 13.9. The Bertz CT molecular complexity index is 2150. The van der Waals surface area contributed by atoms with E-state index in [0.29, 0.717) is 0 Å². The van der Waals surface area contributed by atoms with Gasteiger partial charge >= 0.3 is 0 Å². The molecule has 0 amide bonds. The van der Waals surface area contributed by atoms with Crippen LogP contribution in [0.25, 0.3) is 71.3 Å². The SMILES string of the molecule is Bc1ccc2c(c1)c1ccccc1n2-c1ccc(-c2c3ccccc3c(-c3ccccc3)c3ccccc23)cc1. The van der Waals surface area contributed by atoms with Crippen molar-refractivity contribution in [2.75, 3.05) is 0 Å². The molecule has 1 nitrogen and oxygen atoms in total. The third-order valence-corrected chi connectivity index (χ3v) is 8.24. The van der Waals surface area contributed by atoms with Crippen molar-refractivity contribution in [1.82, 2.24) is 4.57 Å². The van der Waals surface area contributed by atoms with Gasteiger partial charge in [-0.15, -0.1) is 0 Å². The lowest BCUT2D eigenvalue weighted by Crippen LogP contribution is -2.00. The van der Waals surface area contributed by atoms with E-state index < -0.39 is 0 Å². The summed E-state index contributed by atoms with van der Waals surface area (Å²) in [5.74, 6) is 0. The van der Waals surface area contributed by atoms with E-state index in [4.69, 9.17) is 0 Å². The Labute approximate surface area is 234 Å². The summed E-state index contributed by atoms with van der Waals surface area (Å²) >= 11 is 0. The molecule has 0 radical (unpaired) electrons. The van der Waals surface area contributed by atoms with Crippen molar-refractivity contribution in [3.63, 3.8) is 0 Å². The van der Waals surface area contributed by atoms with E-state index in [1.54, 1.807) is 0 Å². The first-order valence-corrected chi connectivity index (χ1v) is 13.9. The van der Waals surface area contributed by atoms with Gasteiger partial charge < -0.3 is 4.57 Å². The van der Waals surface area contributed by atoms with Crippen LogP contribution in [0.4, 0.5) is 0 Å². The molecule has 0 bridgehead atoms. The molecule has 0 aliphatic carbocycles. The summed E-state index contributed by atoms with van der Waals surface area (Å²) in [6.45, 7) is 0. The van der Waals surface area contributed by atoms with E-state index in [1.807, 2.05) is 0 Å². The van der Waals surface area contributed by atoms with Gasteiger partial charge in [-0.2, -0.15) is 0 Å². The molecule has 186 valence electrons. The molecular weight excluding hydrogens is 481 g/mol. The Kier molecular flexibility index (Phi) is 5.15. The Hall–Kier alpha value is -5.08. The largest absolute Gasteiger partial charge is 0.309 e. The first kappa shape index (κ1) is 22.9. The predicted octanol–water partition coefficient (Wildman–Crippen LogP) is 8.68. The second-order valence-corrected chi connectivity index (χ2v) is 10.6. The van der Waals surface area contributed by atoms with E-state index in [1.165, 1.54) is 76.8 Å². The number of fused-ring (bicyclic) bond motifs is 5. The minimum atomic E-state index is 1.17. The molecule has 0 aliphatic rings. The van der Waals surface area contributed by atoms with Crippen LogP contribution in [0.15, 0.2) is 146 Å².